The molecule has 4 aromatic carbocycles. The van der Waals surface area contributed by atoms with Gasteiger partial charge < -0.3 is 4.74 Å². The quantitative estimate of drug-likeness (QED) is 0.200. The molecule has 0 spiro atoms. The maximum atomic E-state index is 13.8. The van der Waals surface area contributed by atoms with Crippen LogP contribution in [-0.2, 0) is 22.1 Å². The molecule has 0 bridgehead atoms. The molecule has 0 saturated carbocycles. The van der Waals surface area contributed by atoms with E-state index < -0.39 is 23.7 Å². The molecule has 5 nitrogen and oxygen atoms in total. The number of benzene rings is 4. The van der Waals surface area contributed by atoms with Gasteiger partial charge >= 0.3 is 12.3 Å². The van der Waals surface area contributed by atoms with Crippen LogP contribution in [0.15, 0.2) is 97.1 Å². The molecule has 2 fully saturated rings. The van der Waals surface area contributed by atoms with E-state index in [1.807, 2.05) is 30.3 Å². The summed E-state index contributed by atoms with van der Waals surface area (Å²) in [4.78, 5) is 28.0. The highest BCUT2D eigenvalue weighted by Gasteiger charge is 2.32. The molecule has 0 aromatic heterocycles. The summed E-state index contributed by atoms with van der Waals surface area (Å²) in [6.45, 7) is 4.07. The van der Waals surface area contributed by atoms with Gasteiger partial charge in [0.15, 0.2) is 0 Å². The molecule has 2 amide bonds. The predicted molar refractivity (Wildman–Crippen MR) is 168 cm³/mol. The molecular formula is C37H36F4N2O3. The van der Waals surface area contributed by atoms with Crippen molar-refractivity contribution in [2.45, 2.75) is 44.8 Å². The van der Waals surface area contributed by atoms with Gasteiger partial charge in [-0.25, -0.2) is 14.1 Å². The number of hydrogen-bond donors (Lipinski definition) is 0. The zero-order valence-electron chi connectivity index (χ0n) is 25.6. The van der Waals surface area contributed by atoms with Crippen LogP contribution in [0, 0.1) is 12.7 Å². The first-order valence-corrected chi connectivity index (χ1v) is 15.4. The van der Waals surface area contributed by atoms with Gasteiger partial charge in [0.1, 0.15) is 12.4 Å². The monoisotopic (exact) mass is 632 g/mol. The lowest BCUT2D eigenvalue weighted by Crippen LogP contribution is -2.35. The molecule has 9 heteroatoms. The summed E-state index contributed by atoms with van der Waals surface area (Å²) in [7, 11) is 0. The van der Waals surface area contributed by atoms with Crippen LogP contribution in [0.2, 0.25) is 0 Å². The number of cyclic esters (lactones) is 1. The molecule has 2 aliphatic rings. The standard InChI is InChI=1S/C30H28F4N2O3.C7H8/c31-24-11-7-22(8-12-24)28(35-14-2-1-3-15-35)25-13-4-20(19-27(37)36-16-17-39-29(36)38)18-26(25)21-5-9-23(10-6-21)30(32,33)34;1-7-5-3-2-4-6-7/h4-13,18,28H,1-3,14-17,19H2;2-6H,1H3. The maximum absolute atomic E-state index is 13.8. The molecule has 0 N–H and O–H groups in total. The minimum atomic E-state index is -4.47. The first kappa shape index (κ1) is 32.9. The first-order valence-electron chi connectivity index (χ1n) is 15.4. The normalized spacial score (nSPS) is 15.9. The number of nitrogens with zero attached hydrogens (tertiary/aromatic N) is 2. The van der Waals surface area contributed by atoms with E-state index in [-0.39, 0.29) is 31.4 Å². The maximum Gasteiger partial charge on any atom is 0.416 e. The number of carbonyl (C=O) groups is 2. The Morgan fingerprint density at radius 3 is 2.09 bits per heavy atom. The van der Waals surface area contributed by atoms with Gasteiger partial charge in [-0.1, -0.05) is 84.8 Å². The van der Waals surface area contributed by atoms with Gasteiger partial charge in [0.25, 0.3) is 0 Å². The Morgan fingerprint density at radius 2 is 1.52 bits per heavy atom. The number of ether oxygens (including phenoxy) is 1. The number of alkyl halides is 3. The molecule has 1 atom stereocenters. The Balaban J connectivity index is 0.000000527. The van der Waals surface area contributed by atoms with E-state index in [2.05, 4.69) is 24.0 Å². The van der Waals surface area contributed by atoms with Gasteiger partial charge in [0, 0.05) is 0 Å². The lowest BCUT2D eigenvalue weighted by molar-refractivity contribution is -0.137. The number of aryl methyl sites for hydroxylation is 1. The number of halogens is 4. The molecule has 4 aromatic rings. The molecule has 2 heterocycles. The number of rotatable bonds is 6. The molecule has 240 valence electrons. The van der Waals surface area contributed by atoms with Crippen LogP contribution in [0.5, 0.6) is 0 Å². The zero-order chi connectivity index (χ0) is 32.7. The van der Waals surface area contributed by atoms with Crippen LogP contribution in [0.3, 0.4) is 0 Å². The number of carbonyl (C=O) groups excluding carboxylic acids is 2. The Hall–Kier alpha value is -4.50. The second-order valence-corrected chi connectivity index (χ2v) is 11.5. The van der Waals surface area contributed by atoms with E-state index in [9.17, 15) is 27.2 Å². The Kier molecular flexibility index (Phi) is 10.5. The third kappa shape index (κ3) is 8.20. The largest absolute Gasteiger partial charge is 0.447 e. The summed E-state index contributed by atoms with van der Waals surface area (Å²) in [6.07, 6.45) is -2.09. The highest BCUT2D eigenvalue weighted by Crippen LogP contribution is 2.39. The number of amides is 2. The van der Waals surface area contributed by atoms with Crippen LogP contribution in [0.25, 0.3) is 11.1 Å². The van der Waals surface area contributed by atoms with E-state index in [0.29, 0.717) is 16.7 Å². The van der Waals surface area contributed by atoms with E-state index in [1.54, 1.807) is 18.2 Å². The second-order valence-electron chi connectivity index (χ2n) is 11.5. The van der Waals surface area contributed by atoms with Crippen LogP contribution in [0.1, 0.15) is 53.1 Å². The van der Waals surface area contributed by atoms with Crippen molar-refractivity contribution in [1.82, 2.24) is 9.80 Å². The molecule has 1 unspecified atom stereocenters. The van der Waals surface area contributed by atoms with Gasteiger partial charge in [-0.05, 0) is 84.9 Å². The van der Waals surface area contributed by atoms with Crippen LogP contribution >= 0.6 is 0 Å². The smallest absolute Gasteiger partial charge is 0.416 e. The van der Waals surface area contributed by atoms with E-state index in [0.717, 1.165) is 60.5 Å². The van der Waals surface area contributed by atoms with Crippen LogP contribution < -0.4 is 0 Å². The van der Waals surface area contributed by atoms with Crippen molar-refractivity contribution in [2.75, 3.05) is 26.2 Å². The predicted octanol–water partition coefficient (Wildman–Crippen LogP) is 8.60. The second kappa shape index (κ2) is 14.7. The van der Waals surface area contributed by atoms with Crippen molar-refractivity contribution < 1.29 is 31.9 Å². The summed E-state index contributed by atoms with van der Waals surface area (Å²) in [5, 5.41) is 0. The topological polar surface area (TPSA) is 49.9 Å². The Bertz CT molecular complexity index is 1620. The van der Waals surface area contributed by atoms with Crippen molar-refractivity contribution in [3.05, 3.63) is 131 Å². The van der Waals surface area contributed by atoms with E-state index in [1.165, 1.54) is 29.8 Å². The average molecular weight is 633 g/mol. The van der Waals surface area contributed by atoms with Gasteiger partial charge in [-0.3, -0.25) is 9.69 Å². The number of piperidine rings is 1. The van der Waals surface area contributed by atoms with Gasteiger partial charge in [-0.15, -0.1) is 0 Å². The van der Waals surface area contributed by atoms with Gasteiger partial charge in [0.05, 0.1) is 24.6 Å². The van der Waals surface area contributed by atoms with Crippen molar-refractivity contribution in [3.8, 4) is 11.1 Å². The van der Waals surface area contributed by atoms with Crippen LogP contribution in [0.4, 0.5) is 22.4 Å². The van der Waals surface area contributed by atoms with Crippen molar-refractivity contribution in [2.24, 2.45) is 0 Å². The number of imide groups is 1. The summed E-state index contributed by atoms with van der Waals surface area (Å²) in [6, 6.07) is 26.8. The van der Waals surface area contributed by atoms with E-state index >= 15 is 0 Å². The summed E-state index contributed by atoms with van der Waals surface area (Å²) in [5.74, 6) is -0.761. The molecule has 46 heavy (non-hydrogen) atoms. The summed E-state index contributed by atoms with van der Waals surface area (Å²) in [5.41, 5.74) is 4.15. The van der Waals surface area contributed by atoms with Crippen molar-refractivity contribution in [3.63, 3.8) is 0 Å². The van der Waals surface area contributed by atoms with Gasteiger partial charge in [-0.2, -0.15) is 13.2 Å². The summed E-state index contributed by atoms with van der Waals surface area (Å²) >= 11 is 0. The molecule has 6 rings (SSSR count). The first-order chi connectivity index (χ1) is 22.1. The Morgan fingerprint density at radius 1 is 0.848 bits per heavy atom. The van der Waals surface area contributed by atoms with Crippen molar-refractivity contribution in [1.29, 1.82) is 0 Å². The summed E-state index contributed by atoms with van der Waals surface area (Å²) < 4.78 is 58.6. The Labute approximate surface area is 266 Å². The minimum Gasteiger partial charge on any atom is -0.447 e. The number of hydrogen-bond acceptors (Lipinski definition) is 4. The lowest BCUT2D eigenvalue weighted by atomic mass is 9.87. The fourth-order valence-corrected chi connectivity index (χ4v) is 5.87. The highest BCUT2D eigenvalue weighted by molar-refractivity contribution is 5.94. The molecule has 0 aliphatic carbocycles. The average Bonchev–Trinajstić information content (AvgIpc) is 3.49. The SMILES string of the molecule is Cc1ccccc1.O=C(Cc1ccc(C(c2ccc(F)cc2)N2CCCCC2)c(-c2ccc(C(F)(F)F)cc2)c1)N1CCOC1=O. The van der Waals surface area contributed by atoms with Gasteiger partial charge in [0.2, 0.25) is 5.91 Å². The lowest BCUT2D eigenvalue weighted by Gasteiger charge is -2.36. The molecule has 0 radical (unpaired) electrons. The third-order valence-corrected chi connectivity index (χ3v) is 8.23. The molecule has 2 saturated heterocycles. The molecular weight excluding hydrogens is 596 g/mol. The highest BCUT2D eigenvalue weighted by atomic mass is 19.4. The molecule has 2 aliphatic heterocycles. The van der Waals surface area contributed by atoms with E-state index in [4.69, 9.17) is 4.74 Å². The third-order valence-electron chi connectivity index (χ3n) is 8.23. The fraction of sp³-hybridized carbons (Fsp3) is 0.297. The van der Waals surface area contributed by atoms with Crippen LogP contribution in [-0.4, -0.2) is 48.0 Å². The zero-order valence-corrected chi connectivity index (χ0v) is 25.6. The van der Waals surface area contributed by atoms with Crippen molar-refractivity contribution >= 4 is 12.0 Å². The fourth-order valence-electron chi connectivity index (χ4n) is 5.87. The minimum absolute atomic E-state index is 0.0616. The number of likely N-dealkylation sites (tertiary alicyclic amines) is 1.